The Balaban J connectivity index is 1.81. The number of nitrogens with zero attached hydrogens (tertiary/aromatic N) is 3. The Bertz CT molecular complexity index is 1530. The van der Waals surface area contributed by atoms with Crippen LogP contribution in [0, 0.1) is 27.7 Å². The zero-order valence-electron chi connectivity index (χ0n) is 25.8. The smallest absolute Gasteiger partial charge is 0.413 e. The van der Waals surface area contributed by atoms with Gasteiger partial charge in [0.15, 0.2) is 0 Å². The predicted molar refractivity (Wildman–Crippen MR) is 179 cm³/mol. The molecule has 0 fully saturated rings. The van der Waals surface area contributed by atoms with Gasteiger partial charge in [0.2, 0.25) is 0 Å². The summed E-state index contributed by atoms with van der Waals surface area (Å²) in [5, 5.41) is 0. The maximum Gasteiger partial charge on any atom is 0.459 e. The summed E-state index contributed by atoms with van der Waals surface area (Å²) in [6.45, 7) is 12.3. The first-order chi connectivity index (χ1) is 21.1. The molecule has 1 heterocycles. The molecule has 0 saturated carbocycles. The highest BCUT2D eigenvalue weighted by atomic mass is 31.3. The lowest BCUT2D eigenvalue weighted by Crippen LogP contribution is -2.09. The Morgan fingerprint density at radius 3 is 0.864 bits per heavy atom. The van der Waals surface area contributed by atoms with E-state index in [1.807, 2.05) is 139 Å². The fraction of sp³-hybridized carbons (Fsp3) is 0.250. The van der Waals surface area contributed by atoms with Crippen molar-refractivity contribution in [2.24, 2.45) is 13.5 Å². The van der Waals surface area contributed by atoms with Gasteiger partial charge in [-0.2, -0.15) is 0 Å². The van der Waals surface area contributed by atoms with Gasteiger partial charge in [0.1, 0.15) is 23.0 Å². The molecule has 4 aromatic rings. The molecule has 0 amide bonds. The van der Waals surface area contributed by atoms with E-state index in [-0.39, 0.29) is 13.2 Å². The number of rotatable bonds is 12. The van der Waals surface area contributed by atoms with Gasteiger partial charge >= 0.3 is 23.0 Å². The van der Waals surface area contributed by atoms with Crippen molar-refractivity contribution in [1.29, 1.82) is 0 Å². The summed E-state index contributed by atoms with van der Waals surface area (Å²) in [4.78, 5) is 0. The Morgan fingerprint density at radius 2 is 0.614 bits per heavy atom. The molecule has 0 bridgehead atoms. The SMILES string of the molecule is CCOP1(OCC)=NP(Oc2ccc(C)cc2)(Oc2ccc(C)cc2)=NP(Oc2ccc(C)cc2)(Oc2ccc(C)cc2)=N1. The van der Waals surface area contributed by atoms with Crippen LogP contribution in [0.15, 0.2) is 111 Å². The Morgan fingerprint density at radius 1 is 0.386 bits per heavy atom. The average molecular weight is 654 g/mol. The third-order valence-corrected chi connectivity index (χ3v) is 14.7. The van der Waals surface area contributed by atoms with E-state index in [1.165, 1.54) is 0 Å². The van der Waals surface area contributed by atoms with E-state index in [2.05, 4.69) is 0 Å². The number of benzene rings is 4. The normalized spacial score (nSPS) is 16.0. The molecule has 0 unspecified atom stereocenters. The number of hydrogen-bond acceptors (Lipinski definition) is 9. The molecule has 12 heteroatoms. The fourth-order valence-corrected chi connectivity index (χ4v) is 13.3. The van der Waals surface area contributed by atoms with Crippen molar-refractivity contribution < 1.29 is 27.1 Å². The van der Waals surface area contributed by atoms with Crippen LogP contribution in [0.25, 0.3) is 0 Å². The topological polar surface area (TPSA) is 92.5 Å². The van der Waals surface area contributed by atoms with Gasteiger partial charge in [0.25, 0.3) is 0 Å². The molecule has 0 radical (unpaired) electrons. The second kappa shape index (κ2) is 13.8. The summed E-state index contributed by atoms with van der Waals surface area (Å²) in [5.41, 5.74) is 4.31. The van der Waals surface area contributed by atoms with Crippen molar-refractivity contribution in [1.82, 2.24) is 0 Å². The third kappa shape index (κ3) is 8.04. The summed E-state index contributed by atoms with van der Waals surface area (Å²) in [7, 11) is -10.9. The van der Waals surface area contributed by atoms with Gasteiger partial charge in [-0.15, -0.1) is 9.03 Å². The highest BCUT2D eigenvalue weighted by Crippen LogP contribution is 2.79. The lowest BCUT2D eigenvalue weighted by Gasteiger charge is -2.33. The molecule has 232 valence electrons. The molecule has 5 rings (SSSR count). The Hall–Kier alpha value is -3.31. The zero-order chi connectivity index (χ0) is 31.2. The summed E-state index contributed by atoms with van der Waals surface area (Å²) in [6, 6.07) is 30.5. The molecule has 44 heavy (non-hydrogen) atoms. The predicted octanol–water partition coefficient (Wildman–Crippen LogP) is 11.5. The van der Waals surface area contributed by atoms with Crippen molar-refractivity contribution >= 4 is 23.0 Å². The van der Waals surface area contributed by atoms with Crippen molar-refractivity contribution in [3.05, 3.63) is 119 Å². The molecule has 0 N–H and O–H groups in total. The second-order valence-corrected chi connectivity index (χ2v) is 16.5. The van der Waals surface area contributed by atoms with E-state index in [1.54, 1.807) is 0 Å². The van der Waals surface area contributed by atoms with Gasteiger partial charge in [0.05, 0.1) is 13.2 Å². The van der Waals surface area contributed by atoms with Gasteiger partial charge < -0.3 is 27.1 Å². The zero-order valence-corrected chi connectivity index (χ0v) is 28.5. The van der Waals surface area contributed by atoms with Crippen LogP contribution in [0.4, 0.5) is 0 Å². The lowest BCUT2D eigenvalue weighted by atomic mass is 10.2. The van der Waals surface area contributed by atoms with Crippen LogP contribution in [0.2, 0.25) is 0 Å². The molecule has 0 aromatic heterocycles. The fourth-order valence-electron chi connectivity index (χ4n) is 4.09. The standard InChI is InChI=1S/C32H38N3O6P3/c1-7-36-42(37-8-2)33-43(38-29-17-9-25(3)10-18-29,39-30-19-11-26(4)12-20-30)35-44(34-42,40-31-21-13-27(5)14-22-31)41-32-23-15-28(6)16-24-32/h9-24H,7-8H2,1-6H3. The summed E-state index contributed by atoms with van der Waals surface area (Å²) in [6.07, 6.45) is 0. The van der Waals surface area contributed by atoms with Gasteiger partial charge in [-0.05, 0) is 90.1 Å². The lowest BCUT2D eigenvalue weighted by molar-refractivity contribution is 0.259. The highest BCUT2D eigenvalue weighted by molar-refractivity contribution is 7.78. The number of aryl methyl sites for hydroxylation is 4. The molecule has 1 aliphatic rings. The minimum atomic E-state index is -3.70. The molecule has 4 aromatic carbocycles. The van der Waals surface area contributed by atoms with Crippen molar-refractivity contribution in [2.45, 2.75) is 41.5 Å². The largest absolute Gasteiger partial charge is 0.459 e. The van der Waals surface area contributed by atoms with E-state index in [0.717, 1.165) is 22.3 Å². The summed E-state index contributed by atoms with van der Waals surface area (Å²) in [5.74, 6) is 2.06. The third-order valence-electron chi connectivity index (χ3n) is 6.25. The highest BCUT2D eigenvalue weighted by Gasteiger charge is 2.46. The van der Waals surface area contributed by atoms with Gasteiger partial charge in [-0.3, -0.25) is 0 Å². The first kappa shape index (κ1) is 32.1. The van der Waals surface area contributed by atoms with Crippen LogP contribution in [0.5, 0.6) is 23.0 Å². The van der Waals surface area contributed by atoms with E-state index < -0.39 is 23.0 Å². The van der Waals surface area contributed by atoms with Gasteiger partial charge in [-0.1, -0.05) is 75.3 Å². The van der Waals surface area contributed by atoms with E-state index in [0.29, 0.717) is 23.0 Å². The first-order valence-corrected chi connectivity index (χ1v) is 19.0. The molecular weight excluding hydrogens is 615 g/mol. The molecule has 9 nitrogen and oxygen atoms in total. The van der Waals surface area contributed by atoms with Crippen LogP contribution in [0.1, 0.15) is 36.1 Å². The first-order valence-electron chi connectivity index (χ1n) is 14.4. The van der Waals surface area contributed by atoms with E-state index >= 15 is 0 Å². The van der Waals surface area contributed by atoms with Gasteiger partial charge in [0, 0.05) is 0 Å². The number of hydrogen-bond donors (Lipinski definition) is 0. The van der Waals surface area contributed by atoms with Crippen LogP contribution in [0.3, 0.4) is 0 Å². The maximum absolute atomic E-state index is 6.68. The quantitative estimate of drug-likeness (QED) is 0.141. The maximum atomic E-state index is 6.68. The van der Waals surface area contributed by atoms with Crippen molar-refractivity contribution in [3.63, 3.8) is 0 Å². The Labute approximate surface area is 260 Å². The van der Waals surface area contributed by atoms with Crippen LogP contribution in [-0.4, -0.2) is 13.2 Å². The molecule has 0 atom stereocenters. The van der Waals surface area contributed by atoms with Crippen molar-refractivity contribution in [3.8, 4) is 23.0 Å². The van der Waals surface area contributed by atoms with Crippen LogP contribution >= 0.6 is 23.0 Å². The van der Waals surface area contributed by atoms with Crippen LogP contribution < -0.4 is 18.1 Å². The molecule has 0 saturated heterocycles. The summed E-state index contributed by atoms with van der Waals surface area (Å²) >= 11 is 0. The average Bonchev–Trinajstić information content (AvgIpc) is 2.98. The van der Waals surface area contributed by atoms with E-state index in [4.69, 9.17) is 40.7 Å². The minimum Gasteiger partial charge on any atom is -0.413 e. The molecule has 0 spiro atoms. The summed E-state index contributed by atoms with van der Waals surface area (Å²) < 4.78 is 54.5. The van der Waals surface area contributed by atoms with Crippen LogP contribution in [-0.2, 0) is 9.05 Å². The minimum absolute atomic E-state index is 0.269. The van der Waals surface area contributed by atoms with Crippen molar-refractivity contribution in [2.75, 3.05) is 13.2 Å². The second-order valence-electron chi connectivity index (χ2n) is 10.2. The molecule has 0 aliphatic carbocycles. The monoisotopic (exact) mass is 653 g/mol. The molecule has 1 aliphatic heterocycles. The van der Waals surface area contributed by atoms with Gasteiger partial charge in [-0.25, -0.2) is 0 Å². The van der Waals surface area contributed by atoms with E-state index in [9.17, 15) is 0 Å². The Kier molecular flexibility index (Phi) is 10.0. The molecular formula is C32H38N3O6P3.